The molecule has 1 rings (SSSR count). The van der Waals surface area contributed by atoms with Gasteiger partial charge in [0.05, 0.1) is 12.1 Å². The third kappa shape index (κ3) is 4.34. The maximum Gasteiger partial charge on any atom is 0.246 e. The number of aliphatic hydroxyl groups excluding tert-OH is 1. The minimum atomic E-state index is -0.770. The van der Waals surface area contributed by atoms with E-state index in [1.165, 1.54) is 7.11 Å². The maximum absolute atomic E-state index is 11.3. The molecule has 0 aliphatic heterocycles. The Morgan fingerprint density at radius 3 is 2.59 bits per heavy atom. The van der Waals surface area contributed by atoms with Crippen molar-refractivity contribution in [3.8, 4) is 0 Å². The molecule has 0 aliphatic carbocycles. The van der Waals surface area contributed by atoms with Crippen molar-refractivity contribution in [1.82, 2.24) is 5.32 Å². The summed E-state index contributed by atoms with van der Waals surface area (Å²) in [5, 5.41) is 13.3. The van der Waals surface area contributed by atoms with E-state index >= 15 is 0 Å². The Morgan fingerprint density at radius 2 is 2.06 bits per heavy atom. The van der Waals surface area contributed by atoms with E-state index in [4.69, 9.17) is 16.3 Å². The number of nitrogens with one attached hydrogen (secondary N) is 1. The molecule has 0 bridgehead atoms. The van der Waals surface area contributed by atoms with E-state index in [9.17, 15) is 9.90 Å². The number of ether oxygens (including phenoxy) is 1. The van der Waals surface area contributed by atoms with Crippen molar-refractivity contribution in [2.75, 3.05) is 13.7 Å². The number of hydrogen-bond acceptors (Lipinski definition) is 3. The normalized spacial score (nSPS) is 14.1. The van der Waals surface area contributed by atoms with Crippen LogP contribution in [-0.4, -0.2) is 30.8 Å². The summed E-state index contributed by atoms with van der Waals surface area (Å²) in [6.45, 7) is 1.71. The van der Waals surface area contributed by atoms with Crippen LogP contribution in [-0.2, 0) is 9.53 Å². The molecule has 2 unspecified atom stereocenters. The molecule has 1 aromatic rings. The van der Waals surface area contributed by atoms with Crippen LogP contribution in [0.5, 0.6) is 0 Å². The van der Waals surface area contributed by atoms with Crippen molar-refractivity contribution in [1.29, 1.82) is 0 Å². The number of amides is 1. The molecule has 0 heterocycles. The minimum absolute atomic E-state index is 0.0162. The van der Waals surface area contributed by atoms with Gasteiger partial charge in [0.15, 0.2) is 0 Å². The second-order valence-electron chi connectivity index (χ2n) is 3.79. The van der Waals surface area contributed by atoms with Gasteiger partial charge >= 0.3 is 0 Å². The fraction of sp³-hybridized carbons (Fsp3) is 0.417. The third-order valence-electron chi connectivity index (χ3n) is 2.35. The summed E-state index contributed by atoms with van der Waals surface area (Å²) < 4.78 is 4.69. The molecule has 94 valence electrons. The highest BCUT2D eigenvalue weighted by Crippen LogP contribution is 2.19. The van der Waals surface area contributed by atoms with Gasteiger partial charge in [-0.3, -0.25) is 4.79 Å². The Hall–Kier alpha value is -1.10. The van der Waals surface area contributed by atoms with Gasteiger partial charge in [-0.1, -0.05) is 23.7 Å². The number of aliphatic hydroxyl groups is 1. The topological polar surface area (TPSA) is 58.6 Å². The largest absolute Gasteiger partial charge is 0.386 e. The first-order valence-corrected chi connectivity index (χ1v) is 5.64. The highest BCUT2D eigenvalue weighted by atomic mass is 35.5. The maximum atomic E-state index is 11.3. The van der Waals surface area contributed by atoms with Gasteiger partial charge in [-0.05, 0) is 24.6 Å². The van der Waals surface area contributed by atoms with Crippen LogP contribution >= 0.6 is 11.6 Å². The van der Waals surface area contributed by atoms with Crippen molar-refractivity contribution in [2.24, 2.45) is 0 Å². The number of benzene rings is 1. The third-order valence-corrected chi connectivity index (χ3v) is 2.60. The Balaban J connectivity index is 2.60. The van der Waals surface area contributed by atoms with E-state index in [0.29, 0.717) is 10.6 Å². The van der Waals surface area contributed by atoms with Crippen LogP contribution in [0.2, 0.25) is 5.02 Å². The summed E-state index contributed by atoms with van der Waals surface area (Å²) in [6, 6.07) is 6.46. The van der Waals surface area contributed by atoms with Gasteiger partial charge in [-0.25, -0.2) is 0 Å². The molecule has 17 heavy (non-hydrogen) atoms. The van der Waals surface area contributed by atoms with Gasteiger partial charge in [0.1, 0.15) is 6.61 Å². The summed E-state index contributed by atoms with van der Waals surface area (Å²) in [4.78, 5) is 11.3. The molecule has 1 aromatic carbocycles. The summed E-state index contributed by atoms with van der Waals surface area (Å²) >= 11 is 5.75. The van der Waals surface area contributed by atoms with Crippen LogP contribution in [0.1, 0.15) is 18.6 Å². The SMILES string of the molecule is COCC(=O)NC(C)C(O)c1ccc(Cl)cc1. The average molecular weight is 258 g/mol. The molecule has 0 aliphatic rings. The highest BCUT2D eigenvalue weighted by molar-refractivity contribution is 6.30. The van der Waals surface area contributed by atoms with Crippen molar-refractivity contribution in [2.45, 2.75) is 19.1 Å². The van der Waals surface area contributed by atoms with Crippen LogP contribution in [0.25, 0.3) is 0 Å². The summed E-state index contributed by atoms with van der Waals surface area (Å²) in [6.07, 6.45) is -0.770. The fourth-order valence-corrected chi connectivity index (χ4v) is 1.58. The zero-order chi connectivity index (χ0) is 12.8. The lowest BCUT2D eigenvalue weighted by Gasteiger charge is -2.20. The van der Waals surface area contributed by atoms with Crippen LogP contribution in [0, 0.1) is 0 Å². The zero-order valence-electron chi connectivity index (χ0n) is 9.81. The number of hydrogen-bond donors (Lipinski definition) is 2. The molecule has 0 saturated heterocycles. The van der Waals surface area contributed by atoms with E-state index in [2.05, 4.69) is 5.32 Å². The predicted molar refractivity (Wildman–Crippen MR) is 65.9 cm³/mol. The zero-order valence-corrected chi connectivity index (χ0v) is 10.6. The minimum Gasteiger partial charge on any atom is -0.386 e. The van der Waals surface area contributed by atoms with E-state index in [1.54, 1.807) is 31.2 Å². The van der Waals surface area contributed by atoms with Gasteiger partial charge in [0.25, 0.3) is 0 Å². The van der Waals surface area contributed by atoms with E-state index in [0.717, 1.165) is 0 Å². The summed E-state index contributed by atoms with van der Waals surface area (Å²) in [7, 11) is 1.44. The Labute approximate surface area is 106 Å². The van der Waals surface area contributed by atoms with Crippen molar-refractivity contribution < 1.29 is 14.6 Å². The lowest BCUT2D eigenvalue weighted by atomic mass is 10.0. The Morgan fingerprint density at radius 1 is 1.47 bits per heavy atom. The van der Waals surface area contributed by atoms with Crippen molar-refractivity contribution >= 4 is 17.5 Å². The Bertz CT molecular complexity index is 367. The molecular formula is C12H16ClNO3. The molecule has 0 saturated carbocycles. The molecule has 5 heteroatoms. The van der Waals surface area contributed by atoms with Crippen molar-refractivity contribution in [3.63, 3.8) is 0 Å². The molecule has 0 aromatic heterocycles. The van der Waals surface area contributed by atoms with Crippen LogP contribution in [0.3, 0.4) is 0 Å². The van der Waals surface area contributed by atoms with Crippen LogP contribution in [0.15, 0.2) is 24.3 Å². The number of halogens is 1. The van der Waals surface area contributed by atoms with Gasteiger partial charge in [-0.15, -0.1) is 0 Å². The van der Waals surface area contributed by atoms with Gasteiger partial charge in [0, 0.05) is 12.1 Å². The number of carbonyl (C=O) groups excluding carboxylic acids is 1. The Kier molecular flexibility index (Phi) is 5.41. The molecular weight excluding hydrogens is 242 g/mol. The number of rotatable bonds is 5. The standard InChI is InChI=1S/C12H16ClNO3/c1-8(14-11(15)7-17-2)12(16)9-3-5-10(13)6-4-9/h3-6,8,12,16H,7H2,1-2H3,(H,14,15). The molecule has 0 fully saturated rings. The molecule has 1 amide bonds. The second-order valence-corrected chi connectivity index (χ2v) is 4.22. The average Bonchev–Trinajstić information content (AvgIpc) is 2.29. The highest BCUT2D eigenvalue weighted by Gasteiger charge is 2.18. The first kappa shape index (κ1) is 14.0. The van der Waals surface area contributed by atoms with Crippen LogP contribution in [0.4, 0.5) is 0 Å². The summed E-state index contributed by atoms with van der Waals surface area (Å²) in [5.74, 6) is -0.256. The number of methoxy groups -OCH3 is 1. The smallest absolute Gasteiger partial charge is 0.246 e. The van der Waals surface area contributed by atoms with E-state index < -0.39 is 6.10 Å². The van der Waals surface area contributed by atoms with Gasteiger partial charge in [0.2, 0.25) is 5.91 Å². The lowest BCUT2D eigenvalue weighted by molar-refractivity contribution is -0.126. The molecule has 0 radical (unpaired) electrons. The number of carbonyl (C=O) groups is 1. The molecule has 2 atom stereocenters. The lowest BCUT2D eigenvalue weighted by Crippen LogP contribution is -2.38. The monoisotopic (exact) mass is 257 g/mol. The first-order valence-electron chi connectivity index (χ1n) is 5.26. The first-order chi connectivity index (χ1) is 8.04. The van der Waals surface area contributed by atoms with E-state index in [1.807, 2.05) is 0 Å². The predicted octanol–water partition coefficient (Wildman–Crippen LogP) is 1.52. The van der Waals surface area contributed by atoms with Crippen molar-refractivity contribution in [3.05, 3.63) is 34.9 Å². The molecule has 2 N–H and O–H groups in total. The second kappa shape index (κ2) is 6.59. The van der Waals surface area contributed by atoms with E-state index in [-0.39, 0.29) is 18.6 Å². The van der Waals surface area contributed by atoms with Gasteiger partial charge < -0.3 is 15.2 Å². The quantitative estimate of drug-likeness (QED) is 0.841. The fourth-order valence-electron chi connectivity index (χ4n) is 1.45. The van der Waals surface area contributed by atoms with Gasteiger partial charge in [-0.2, -0.15) is 0 Å². The molecule has 4 nitrogen and oxygen atoms in total. The molecule has 0 spiro atoms. The van der Waals surface area contributed by atoms with Crippen LogP contribution < -0.4 is 5.32 Å². The summed E-state index contributed by atoms with van der Waals surface area (Å²) in [5.41, 5.74) is 0.708.